The summed E-state index contributed by atoms with van der Waals surface area (Å²) in [5.74, 6) is 0. The van der Waals surface area contributed by atoms with E-state index < -0.39 is 0 Å². The lowest BCUT2D eigenvalue weighted by Gasteiger charge is -2.03. The van der Waals surface area contributed by atoms with Gasteiger partial charge in [0.25, 0.3) is 0 Å². The third-order valence-corrected chi connectivity index (χ3v) is 4.44. The van der Waals surface area contributed by atoms with Gasteiger partial charge in [-0.1, -0.05) is 119 Å². The van der Waals surface area contributed by atoms with E-state index in [1.807, 2.05) is 4.99 Å². The molecule has 0 amide bonds. The molecule has 0 heterocycles. The first-order valence-corrected chi connectivity index (χ1v) is 10.1. The Morgan fingerprint density at radius 2 is 0.900 bits per heavy atom. The number of rotatable bonds is 16. The molecule has 0 unspecified atom stereocenters. The number of unbranched alkanes of at least 4 members (excludes halogenated alkanes) is 15. The van der Waals surface area contributed by atoms with E-state index in [0.717, 1.165) is 0 Å². The van der Waals surface area contributed by atoms with E-state index in [0.29, 0.717) is 0 Å². The lowest BCUT2D eigenvalue weighted by molar-refractivity contribution is 0.533. The van der Waals surface area contributed by atoms with Gasteiger partial charge in [-0.15, -0.1) is 0 Å². The van der Waals surface area contributed by atoms with E-state index in [-0.39, 0.29) is 0 Å². The van der Waals surface area contributed by atoms with Gasteiger partial charge in [0.1, 0.15) is 0 Å². The maximum absolute atomic E-state index is 3.31. The van der Waals surface area contributed by atoms with Gasteiger partial charge < -0.3 is 0 Å². The molecule has 0 saturated heterocycles. The molecule has 0 N–H and O–H groups in total. The highest BCUT2D eigenvalue weighted by molar-refractivity contribution is 9.11. The van der Waals surface area contributed by atoms with Gasteiger partial charge >= 0.3 is 0 Å². The van der Waals surface area contributed by atoms with Crippen LogP contribution in [0.5, 0.6) is 0 Å². The molecule has 0 atom stereocenters. The Morgan fingerprint density at radius 1 is 0.550 bits per heavy atom. The quantitative estimate of drug-likeness (QED) is 0.248. The van der Waals surface area contributed by atoms with E-state index in [1.165, 1.54) is 103 Å². The molecule has 0 saturated carbocycles. The van der Waals surface area contributed by atoms with Crippen molar-refractivity contribution in [2.75, 3.05) is 0 Å². The summed E-state index contributed by atoms with van der Waals surface area (Å²) in [5.41, 5.74) is 0. The van der Waals surface area contributed by atoms with Crippen LogP contribution in [0.2, 0.25) is 0 Å². The van der Waals surface area contributed by atoms with Gasteiger partial charge in [0.2, 0.25) is 0 Å². The van der Waals surface area contributed by atoms with Crippen LogP contribution in [0.25, 0.3) is 0 Å². The average molecular weight is 345 g/mol. The van der Waals surface area contributed by atoms with Crippen LogP contribution in [0.3, 0.4) is 0 Å². The van der Waals surface area contributed by atoms with Crippen molar-refractivity contribution in [3.8, 4) is 0 Å². The fraction of sp³-hybridized carbons (Fsp3) is 0.895. The highest BCUT2D eigenvalue weighted by Gasteiger charge is 1.93. The van der Waals surface area contributed by atoms with Gasteiger partial charge in [0.15, 0.2) is 0 Å². The van der Waals surface area contributed by atoms with Gasteiger partial charge in [-0.2, -0.15) is 0 Å². The van der Waals surface area contributed by atoms with Crippen molar-refractivity contribution < 1.29 is 0 Å². The molecule has 0 bridgehead atoms. The van der Waals surface area contributed by atoms with E-state index in [1.54, 1.807) is 0 Å². The van der Waals surface area contributed by atoms with Crippen molar-refractivity contribution in [3.05, 3.63) is 11.1 Å². The van der Waals surface area contributed by atoms with Gasteiger partial charge in [0.05, 0.1) is 0 Å². The Balaban J connectivity index is 2.92. The first-order valence-electron chi connectivity index (χ1n) is 9.17. The highest BCUT2D eigenvalue weighted by Crippen LogP contribution is 2.13. The topological polar surface area (TPSA) is 0 Å². The molecule has 0 aliphatic rings. The minimum Gasteiger partial charge on any atom is -0.0776 e. The molecule has 1 heteroatoms. The molecular weight excluding hydrogens is 308 g/mol. The van der Waals surface area contributed by atoms with Crippen LogP contribution in [0.1, 0.15) is 110 Å². The standard InChI is InChI=1S/C19H37Br/c1-2-3-4-5-6-7-8-9-10-11-12-13-14-15-16-17-18-19-20/h18-19H,2-17H2,1H3. The summed E-state index contributed by atoms with van der Waals surface area (Å²) in [6.45, 7) is 2.29. The Morgan fingerprint density at radius 3 is 1.25 bits per heavy atom. The van der Waals surface area contributed by atoms with E-state index in [4.69, 9.17) is 0 Å². The molecule has 0 aromatic rings. The minimum atomic E-state index is 1.24. The smallest absolute Gasteiger partial charge is 0.0229 e. The van der Waals surface area contributed by atoms with E-state index in [2.05, 4.69) is 28.9 Å². The van der Waals surface area contributed by atoms with Crippen LogP contribution in [-0.2, 0) is 0 Å². The number of allylic oxidation sites excluding steroid dienone is 1. The van der Waals surface area contributed by atoms with Crippen LogP contribution >= 0.6 is 15.9 Å². The molecule has 0 aliphatic carbocycles. The Labute approximate surface area is 136 Å². The molecule has 0 rings (SSSR count). The summed E-state index contributed by atoms with van der Waals surface area (Å²) < 4.78 is 0. The summed E-state index contributed by atoms with van der Waals surface area (Å²) in [4.78, 5) is 1.98. The maximum atomic E-state index is 3.31. The number of hydrogen-bond acceptors (Lipinski definition) is 0. The zero-order valence-electron chi connectivity index (χ0n) is 13.8. The average Bonchev–Trinajstić information content (AvgIpc) is 2.47. The second-order valence-electron chi connectivity index (χ2n) is 6.10. The summed E-state index contributed by atoms with van der Waals surface area (Å²) in [6, 6.07) is 0. The second-order valence-corrected chi connectivity index (χ2v) is 6.63. The summed E-state index contributed by atoms with van der Waals surface area (Å²) in [7, 11) is 0. The van der Waals surface area contributed by atoms with Crippen LogP contribution in [-0.4, -0.2) is 0 Å². The van der Waals surface area contributed by atoms with Crippen molar-refractivity contribution >= 4 is 15.9 Å². The van der Waals surface area contributed by atoms with Gasteiger partial charge in [0, 0.05) is 0 Å². The van der Waals surface area contributed by atoms with Crippen LogP contribution in [0.4, 0.5) is 0 Å². The Kier molecular flexibility index (Phi) is 19.4. The highest BCUT2D eigenvalue weighted by atomic mass is 79.9. The fourth-order valence-corrected chi connectivity index (χ4v) is 2.96. The fourth-order valence-electron chi connectivity index (χ4n) is 2.70. The normalized spacial score (nSPS) is 11.5. The first kappa shape index (κ1) is 20.2. The molecule has 0 aromatic carbocycles. The van der Waals surface area contributed by atoms with Crippen molar-refractivity contribution in [3.63, 3.8) is 0 Å². The lowest BCUT2D eigenvalue weighted by Crippen LogP contribution is -1.83. The molecule has 0 spiro atoms. The largest absolute Gasteiger partial charge is 0.0776 e. The zero-order valence-corrected chi connectivity index (χ0v) is 15.4. The van der Waals surface area contributed by atoms with E-state index >= 15 is 0 Å². The molecule has 120 valence electrons. The third kappa shape index (κ3) is 18.2. The molecule has 20 heavy (non-hydrogen) atoms. The van der Waals surface area contributed by atoms with E-state index in [9.17, 15) is 0 Å². The van der Waals surface area contributed by atoms with Crippen molar-refractivity contribution in [1.82, 2.24) is 0 Å². The maximum Gasteiger partial charge on any atom is -0.0229 e. The van der Waals surface area contributed by atoms with Gasteiger partial charge in [-0.05, 0) is 17.8 Å². The summed E-state index contributed by atoms with van der Waals surface area (Å²) in [6.07, 6.45) is 25.2. The first-order chi connectivity index (χ1) is 9.91. The molecule has 0 aliphatic heterocycles. The molecule has 0 fully saturated rings. The molecule has 0 radical (unpaired) electrons. The Hall–Kier alpha value is 0.220. The van der Waals surface area contributed by atoms with Crippen LogP contribution in [0.15, 0.2) is 11.1 Å². The third-order valence-electron chi connectivity index (χ3n) is 4.06. The zero-order chi connectivity index (χ0) is 14.7. The molecule has 0 nitrogen and oxygen atoms in total. The Bertz CT molecular complexity index is 186. The van der Waals surface area contributed by atoms with Gasteiger partial charge in [-0.25, -0.2) is 0 Å². The SMILES string of the molecule is CCCCCCCCCCCCCCCCCC=CBr. The number of hydrogen-bond donors (Lipinski definition) is 0. The number of halogens is 1. The van der Waals surface area contributed by atoms with Crippen molar-refractivity contribution in [1.29, 1.82) is 0 Å². The van der Waals surface area contributed by atoms with Crippen molar-refractivity contribution in [2.24, 2.45) is 0 Å². The van der Waals surface area contributed by atoms with Crippen molar-refractivity contribution in [2.45, 2.75) is 110 Å². The van der Waals surface area contributed by atoms with Crippen LogP contribution in [0, 0.1) is 0 Å². The van der Waals surface area contributed by atoms with Crippen LogP contribution < -0.4 is 0 Å². The predicted molar refractivity (Wildman–Crippen MR) is 97.6 cm³/mol. The summed E-state index contributed by atoms with van der Waals surface area (Å²) >= 11 is 3.31. The van der Waals surface area contributed by atoms with Gasteiger partial charge in [-0.3, -0.25) is 0 Å². The monoisotopic (exact) mass is 344 g/mol. The summed E-state index contributed by atoms with van der Waals surface area (Å²) in [5, 5.41) is 0. The lowest BCUT2D eigenvalue weighted by atomic mass is 10.0. The second kappa shape index (κ2) is 19.2. The molecular formula is C19H37Br. The molecule has 0 aromatic heterocycles. The minimum absolute atomic E-state index is 1.24. The predicted octanol–water partition coefficient (Wildman–Crippen LogP) is 8.16.